The van der Waals surface area contributed by atoms with Gasteiger partial charge in [-0.3, -0.25) is 14.4 Å². The largest absolute Gasteiger partial charge is 0.393 e. The average molecular weight is 840 g/mol. The molecule has 0 aliphatic rings. The Bertz CT molecular complexity index is 2020. The monoisotopic (exact) mass is 838 g/mol. The van der Waals surface area contributed by atoms with E-state index in [0.29, 0.717) is 45.8 Å². The third-order valence-corrected chi connectivity index (χ3v) is 8.10. The number of aryl methyl sites for hydroxylation is 2. The fourth-order valence-electron chi connectivity index (χ4n) is 5.75. The highest BCUT2D eigenvalue weighted by Crippen LogP contribution is 2.34. The van der Waals surface area contributed by atoms with E-state index in [0.717, 1.165) is 35.6 Å². The number of alkyl halides is 2. The Morgan fingerprint density at radius 3 is 1.50 bits per heavy atom. The molecule has 0 radical (unpaired) electrons. The molecule has 0 saturated carbocycles. The van der Waals surface area contributed by atoms with Crippen LogP contribution < -0.4 is 42.1 Å². The van der Waals surface area contributed by atoms with Gasteiger partial charge in [0, 0.05) is 70.7 Å². The van der Waals surface area contributed by atoms with E-state index < -0.39 is 0 Å². The lowest BCUT2D eigenvalue weighted by Gasteiger charge is -2.29. The normalized spacial score (nSPS) is 10.8. The second kappa shape index (κ2) is 21.9. The minimum Gasteiger partial charge on any atom is -0.393 e. The molecule has 2 heterocycles. The van der Waals surface area contributed by atoms with Crippen LogP contribution in [0.2, 0.25) is 0 Å². The van der Waals surface area contributed by atoms with Crippen molar-refractivity contribution in [1.29, 1.82) is 0 Å². The molecule has 0 atom stereocenters. The summed E-state index contributed by atoms with van der Waals surface area (Å²) in [4.78, 5) is 57.1. The molecule has 2 aromatic heterocycles. The van der Waals surface area contributed by atoms with E-state index in [2.05, 4.69) is 88.1 Å². The van der Waals surface area contributed by atoms with Gasteiger partial charge in [0.15, 0.2) is 23.3 Å². The van der Waals surface area contributed by atoms with E-state index in [4.69, 9.17) is 28.9 Å². The smallest absolute Gasteiger partial charge is 0.251 e. The fourth-order valence-corrected chi connectivity index (χ4v) is 5.75. The zero-order chi connectivity index (χ0) is 44.0. The summed E-state index contributed by atoms with van der Waals surface area (Å²) in [6, 6.07) is 10.8. The number of rotatable bonds is 11. The van der Waals surface area contributed by atoms with Gasteiger partial charge in [-0.15, -0.1) is 23.2 Å². The van der Waals surface area contributed by atoms with Crippen molar-refractivity contribution in [2.24, 2.45) is 10.8 Å². The number of nitrogens with one attached hydrogen (secondary N) is 5. The van der Waals surface area contributed by atoms with Crippen LogP contribution >= 0.6 is 23.2 Å². The number of amides is 3. The number of carbonyl (C=O) groups is 3. The van der Waals surface area contributed by atoms with Crippen molar-refractivity contribution < 1.29 is 14.4 Å². The van der Waals surface area contributed by atoms with Crippen LogP contribution in [0.3, 0.4) is 0 Å². The standard InChI is InChI=1S/C21H30N6O2.C19H28N6O.CH2Cl2/c1-13-8-9-15(20(29)22-6)10-16(13)26-18-17(25-14(2)28)19(24-12-23-18)27(7)11-21(3,4)5;1-12-7-8-13(18(26)21-5)9-14(12)24-16-15(20)17(23-11-22-16)25(6)10-19(2,3)4;2-1-3/h8-10,12H,11H2,1-7H3,(H,22,29)(H,25,28)(H,23,24,26);7-9,11H,10,20H2,1-6H3,(H,21,26)(H,22,23,24);1H2. The molecular weight excluding hydrogens is 779 g/mol. The minimum atomic E-state index is -0.218. The molecule has 7 N–H and O–H groups in total. The molecule has 17 heteroatoms. The Hall–Kier alpha value is -5.41. The number of halogens is 2. The molecule has 3 amide bonds. The van der Waals surface area contributed by atoms with E-state index in [-0.39, 0.29) is 33.9 Å². The third-order valence-electron chi connectivity index (χ3n) is 8.10. The SMILES string of the molecule is CNC(=O)c1ccc(C)c(Nc2ncnc(N(C)CC(C)(C)C)c2N)c1.CNC(=O)c1ccc(C)c(Nc2ncnc(N(C)CC(C)(C)C)c2NC(C)=O)c1.ClCCl. The highest BCUT2D eigenvalue weighted by Gasteiger charge is 2.22. The van der Waals surface area contributed by atoms with Gasteiger partial charge >= 0.3 is 0 Å². The zero-order valence-corrected chi connectivity index (χ0v) is 37.5. The number of hydrogen-bond acceptors (Lipinski definition) is 12. The van der Waals surface area contributed by atoms with Crippen molar-refractivity contribution in [3.63, 3.8) is 0 Å². The number of hydrogen-bond donors (Lipinski definition) is 6. The van der Waals surface area contributed by atoms with Crippen LogP contribution in [0.5, 0.6) is 0 Å². The Kier molecular flexibility index (Phi) is 18.4. The maximum Gasteiger partial charge on any atom is 0.251 e. The van der Waals surface area contributed by atoms with E-state index in [1.807, 2.05) is 49.9 Å². The van der Waals surface area contributed by atoms with Crippen LogP contribution in [0.4, 0.5) is 46.0 Å². The maximum atomic E-state index is 12.0. The zero-order valence-electron chi connectivity index (χ0n) is 36.0. The van der Waals surface area contributed by atoms with Crippen molar-refractivity contribution in [3.8, 4) is 0 Å². The van der Waals surface area contributed by atoms with E-state index in [1.54, 1.807) is 38.4 Å². The first kappa shape index (κ1) is 48.7. The first-order valence-electron chi connectivity index (χ1n) is 18.5. The number of nitrogens with two attached hydrogens (primary N) is 1. The molecule has 0 saturated heterocycles. The summed E-state index contributed by atoms with van der Waals surface area (Å²) >= 11 is 9.53. The number of anilines is 8. The van der Waals surface area contributed by atoms with Gasteiger partial charge < -0.3 is 42.1 Å². The van der Waals surface area contributed by atoms with Crippen LogP contribution in [0.1, 0.15) is 80.3 Å². The van der Waals surface area contributed by atoms with Crippen LogP contribution in [0.15, 0.2) is 49.1 Å². The van der Waals surface area contributed by atoms with Gasteiger partial charge in [0.25, 0.3) is 11.8 Å². The van der Waals surface area contributed by atoms with Crippen molar-refractivity contribution in [1.82, 2.24) is 30.6 Å². The highest BCUT2D eigenvalue weighted by atomic mass is 35.5. The van der Waals surface area contributed by atoms with Crippen molar-refractivity contribution in [2.45, 2.75) is 62.3 Å². The predicted molar refractivity (Wildman–Crippen MR) is 241 cm³/mol. The minimum absolute atomic E-state index is 0.0409. The van der Waals surface area contributed by atoms with E-state index in [9.17, 15) is 14.4 Å². The van der Waals surface area contributed by atoms with Gasteiger partial charge in [0.2, 0.25) is 5.91 Å². The molecule has 0 aliphatic heterocycles. The number of aromatic nitrogens is 4. The van der Waals surface area contributed by atoms with Crippen molar-refractivity contribution in [3.05, 3.63) is 71.3 Å². The quantitative estimate of drug-likeness (QED) is 0.0807. The Labute approximate surface area is 353 Å². The van der Waals surface area contributed by atoms with Gasteiger partial charge in [0.05, 0.1) is 5.34 Å². The Morgan fingerprint density at radius 2 is 1.09 bits per heavy atom. The lowest BCUT2D eigenvalue weighted by Crippen LogP contribution is -2.31. The topological polar surface area (TPSA) is 195 Å². The lowest BCUT2D eigenvalue weighted by atomic mass is 9.96. The summed E-state index contributed by atoms with van der Waals surface area (Å²) in [7, 11) is 7.09. The molecule has 58 heavy (non-hydrogen) atoms. The van der Waals surface area contributed by atoms with Crippen LogP contribution in [-0.2, 0) is 4.79 Å². The van der Waals surface area contributed by atoms with Crippen LogP contribution in [0, 0.1) is 24.7 Å². The molecule has 316 valence electrons. The molecule has 0 spiro atoms. The third kappa shape index (κ3) is 15.2. The molecule has 0 aliphatic carbocycles. The number of carbonyl (C=O) groups excluding carboxylic acids is 3. The number of nitrogen functional groups attached to an aromatic ring is 1. The summed E-state index contributed by atoms with van der Waals surface area (Å²) < 4.78 is 0. The molecule has 0 fully saturated rings. The van der Waals surface area contributed by atoms with Gasteiger partial charge in [-0.25, -0.2) is 19.9 Å². The summed E-state index contributed by atoms with van der Waals surface area (Å²) in [6.07, 6.45) is 2.95. The lowest BCUT2D eigenvalue weighted by molar-refractivity contribution is -0.114. The first-order chi connectivity index (χ1) is 27.0. The molecule has 4 rings (SSSR count). The van der Waals surface area contributed by atoms with E-state index >= 15 is 0 Å². The second-order valence-electron chi connectivity index (χ2n) is 16.0. The van der Waals surface area contributed by atoms with Crippen molar-refractivity contribution in [2.75, 3.05) is 78.1 Å². The molecule has 4 aromatic rings. The molecule has 2 aromatic carbocycles. The van der Waals surface area contributed by atoms with Crippen molar-refractivity contribution >= 4 is 86.9 Å². The maximum absolute atomic E-state index is 12.0. The second-order valence-corrected chi connectivity index (χ2v) is 16.8. The fraction of sp³-hybridized carbons (Fsp3) is 0.439. The Balaban J connectivity index is 0.000000377. The van der Waals surface area contributed by atoms with Gasteiger partial charge in [-0.2, -0.15) is 0 Å². The van der Waals surface area contributed by atoms with Gasteiger partial charge in [0.1, 0.15) is 24.0 Å². The Morgan fingerprint density at radius 1 is 0.690 bits per heavy atom. The van der Waals surface area contributed by atoms with Crippen LogP contribution in [0.25, 0.3) is 0 Å². The molecule has 0 bridgehead atoms. The molecular formula is C41H60Cl2N12O3. The molecule has 15 nitrogen and oxygen atoms in total. The summed E-state index contributed by atoms with van der Waals surface area (Å²) in [5, 5.41) is 14.8. The van der Waals surface area contributed by atoms with Gasteiger partial charge in [-0.1, -0.05) is 53.7 Å². The van der Waals surface area contributed by atoms with Crippen LogP contribution in [-0.4, -0.2) is 84.3 Å². The highest BCUT2D eigenvalue weighted by molar-refractivity contribution is 6.40. The number of benzene rings is 2. The predicted octanol–water partition coefficient (Wildman–Crippen LogP) is 7.70. The first-order valence-corrected chi connectivity index (χ1v) is 19.6. The average Bonchev–Trinajstić information content (AvgIpc) is 3.13. The van der Waals surface area contributed by atoms with Gasteiger partial charge in [-0.05, 0) is 60.1 Å². The van der Waals surface area contributed by atoms with E-state index in [1.165, 1.54) is 19.6 Å². The summed E-state index contributed by atoms with van der Waals surface area (Å²) in [6.45, 7) is 19.8. The summed E-state index contributed by atoms with van der Waals surface area (Å²) in [5.41, 5.74) is 12.0. The number of nitrogens with zero attached hydrogens (tertiary/aromatic N) is 6. The molecule has 0 unspecified atom stereocenters. The summed E-state index contributed by atoms with van der Waals surface area (Å²) in [5.74, 6) is 1.74.